The van der Waals surface area contributed by atoms with Crippen molar-refractivity contribution in [3.8, 4) is 0 Å². The first-order valence-corrected chi connectivity index (χ1v) is 6.29. The number of nitrogens with zero attached hydrogens (tertiary/aromatic N) is 2. The molecule has 1 aromatic rings. The van der Waals surface area contributed by atoms with E-state index in [9.17, 15) is 8.78 Å². The molecule has 0 amide bonds. The second-order valence-electron chi connectivity index (χ2n) is 4.65. The summed E-state index contributed by atoms with van der Waals surface area (Å²) >= 11 is 0. The smallest absolute Gasteiger partial charge is 0.319 e. The van der Waals surface area contributed by atoms with Crippen molar-refractivity contribution < 1.29 is 13.5 Å². The van der Waals surface area contributed by atoms with Crippen molar-refractivity contribution in [3.63, 3.8) is 0 Å². The van der Waals surface area contributed by atoms with Crippen LogP contribution in [0.2, 0.25) is 0 Å². The fourth-order valence-corrected chi connectivity index (χ4v) is 2.29. The van der Waals surface area contributed by atoms with Gasteiger partial charge in [-0.3, -0.25) is 4.57 Å². The predicted molar refractivity (Wildman–Crippen MR) is 63.3 cm³/mol. The van der Waals surface area contributed by atoms with E-state index in [4.69, 9.17) is 4.74 Å². The van der Waals surface area contributed by atoms with Crippen molar-refractivity contribution >= 4 is 0 Å². The van der Waals surface area contributed by atoms with Crippen LogP contribution in [0.15, 0.2) is 12.4 Å². The zero-order valence-electron chi connectivity index (χ0n) is 10.5. The van der Waals surface area contributed by atoms with Crippen LogP contribution >= 0.6 is 0 Å². The van der Waals surface area contributed by atoms with Crippen LogP contribution in [0.4, 0.5) is 8.78 Å². The van der Waals surface area contributed by atoms with Crippen molar-refractivity contribution in [3.05, 3.63) is 18.2 Å². The molecule has 1 aliphatic heterocycles. The number of aromatic nitrogens is 2. The zero-order valence-corrected chi connectivity index (χ0v) is 10.5. The van der Waals surface area contributed by atoms with Gasteiger partial charge in [-0.1, -0.05) is 0 Å². The Morgan fingerprint density at radius 1 is 1.50 bits per heavy atom. The molecule has 1 saturated heterocycles. The molecule has 1 atom stereocenters. The fourth-order valence-electron chi connectivity index (χ4n) is 2.29. The Labute approximate surface area is 105 Å². The lowest BCUT2D eigenvalue weighted by atomic mass is 9.93. The third-order valence-electron chi connectivity index (χ3n) is 3.51. The average Bonchev–Trinajstić information content (AvgIpc) is 2.85. The topological polar surface area (TPSA) is 39.1 Å². The third kappa shape index (κ3) is 3.26. The molecule has 1 aliphatic rings. The number of halogens is 2. The molecule has 0 spiro atoms. The van der Waals surface area contributed by atoms with Gasteiger partial charge in [-0.15, -0.1) is 0 Å². The minimum absolute atomic E-state index is 0.289. The molecule has 2 heterocycles. The van der Waals surface area contributed by atoms with Crippen LogP contribution < -0.4 is 5.32 Å². The van der Waals surface area contributed by atoms with E-state index < -0.39 is 6.55 Å². The van der Waals surface area contributed by atoms with Crippen molar-refractivity contribution in [1.29, 1.82) is 0 Å². The van der Waals surface area contributed by atoms with E-state index in [0.29, 0.717) is 18.3 Å². The monoisotopic (exact) mass is 259 g/mol. The second kappa shape index (κ2) is 6.24. The van der Waals surface area contributed by atoms with E-state index in [0.717, 1.165) is 30.6 Å². The maximum atomic E-state index is 12.6. The largest absolute Gasteiger partial charge is 0.381 e. The average molecular weight is 259 g/mol. The Kier molecular flexibility index (Phi) is 4.66. The Balaban J connectivity index is 1.84. The van der Waals surface area contributed by atoms with Crippen LogP contribution in [0, 0.1) is 5.92 Å². The molecule has 1 fully saturated rings. The molecule has 1 aromatic heterocycles. The molecule has 0 saturated carbocycles. The second-order valence-corrected chi connectivity index (χ2v) is 4.65. The summed E-state index contributed by atoms with van der Waals surface area (Å²) in [5.74, 6) is 0.928. The zero-order chi connectivity index (χ0) is 13.0. The maximum Gasteiger partial charge on any atom is 0.319 e. The van der Waals surface area contributed by atoms with Gasteiger partial charge >= 0.3 is 6.55 Å². The van der Waals surface area contributed by atoms with Crippen molar-refractivity contribution in [2.45, 2.75) is 38.9 Å². The summed E-state index contributed by atoms with van der Waals surface area (Å²) in [5.41, 5.74) is 0. The van der Waals surface area contributed by atoms with Gasteiger partial charge in [0.1, 0.15) is 5.82 Å². The van der Waals surface area contributed by atoms with E-state index in [1.165, 1.54) is 12.4 Å². The van der Waals surface area contributed by atoms with Crippen LogP contribution in [0.3, 0.4) is 0 Å². The summed E-state index contributed by atoms with van der Waals surface area (Å²) in [6, 6.07) is 0.289. The van der Waals surface area contributed by atoms with Gasteiger partial charge < -0.3 is 10.1 Å². The summed E-state index contributed by atoms with van der Waals surface area (Å²) in [4.78, 5) is 3.95. The number of hydrogen-bond acceptors (Lipinski definition) is 3. The molecular weight excluding hydrogens is 240 g/mol. The molecule has 0 bridgehead atoms. The quantitative estimate of drug-likeness (QED) is 0.881. The van der Waals surface area contributed by atoms with Crippen molar-refractivity contribution in [1.82, 2.24) is 14.9 Å². The molecule has 4 nitrogen and oxygen atoms in total. The number of imidazole rings is 1. The lowest BCUT2D eigenvalue weighted by molar-refractivity contribution is 0.0543. The predicted octanol–water partition coefficient (Wildman–Crippen LogP) is 2.18. The molecule has 6 heteroatoms. The maximum absolute atomic E-state index is 12.6. The Bertz CT molecular complexity index is 364. The summed E-state index contributed by atoms with van der Waals surface area (Å²) in [7, 11) is 0. The molecule has 0 radical (unpaired) electrons. The van der Waals surface area contributed by atoms with E-state index in [-0.39, 0.29) is 6.04 Å². The van der Waals surface area contributed by atoms with Gasteiger partial charge in [0.05, 0.1) is 6.54 Å². The Morgan fingerprint density at radius 3 is 2.89 bits per heavy atom. The van der Waals surface area contributed by atoms with Crippen molar-refractivity contribution in [2.75, 3.05) is 13.2 Å². The number of ether oxygens (including phenoxy) is 1. The standard InChI is InChI=1S/C12H19F2N3O/c1-9(10-2-6-18-7-3-10)16-8-11-15-4-5-17(11)12(13)14/h4-5,9-10,12,16H,2-3,6-8H2,1H3. The highest BCUT2D eigenvalue weighted by molar-refractivity contribution is 4.93. The van der Waals surface area contributed by atoms with Gasteiger partial charge in [0.25, 0.3) is 0 Å². The summed E-state index contributed by atoms with van der Waals surface area (Å²) < 4.78 is 31.4. The van der Waals surface area contributed by atoms with Gasteiger partial charge in [0.2, 0.25) is 0 Å². The SMILES string of the molecule is CC(NCc1nccn1C(F)F)C1CCOCC1. The van der Waals surface area contributed by atoms with E-state index >= 15 is 0 Å². The molecule has 18 heavy (non-hydrogen) atoms. The van der Waals surface area contributed by atoms with Gasteiger partial charge in [-0.05, 0) is 25.7 Å². The highest BCUT2D eigenvalue weighted by Crippen LogP contribution is 2.19. The van der Waals surface area contributed by atoms with Crippen molar-refractivity contribution in [2.24, 2.45) is 5.92 Å². The fraction of sp³-hybridized carbons (Fsp3) is 0.750. The lowest BCUT2D eigenvalue weighted by Crippen LogP contribution is -2.36. The first-order valence-electron chi connectivity index (χ1n) is 6.29. The highest BCUT2D eigenvalue weighted by Gasteiger charge is 2.20. The van der Waals surface area contributed by atoms with Gasteiger partial charge in [-0.25, -0.2) is 4.98 Å². The Hall–Kier alpha value is -1.01. The van der Waals surface area contributed by atoms with E-state index in [2.05, 4.69) is 17.2 Å². The first-order chi connectivity index (χ1) is 8.68. The van der Waals surface area contributed by atoms with Crippen LogP contribution in [0.25, 0.3) is 0 Å². The number of rotatable bonds is 5. The minimum atomic E-state index is -2.53. The van der Waals surface area contributed by atoms with Crippen LogP contribution in [-0.2, 0) is 11.3 Å². The normalized spacial score (nSPS) is 19.3. The van der Waals surface area contributed by atoms with Gasteiger partial charge in [-0.2, -0.15) is 8.78 Å². The molecule has 1 unspecified atom stereocenters. The van der Waals surface area contributed by atoms with Crippen LogP contribution in [0.1, 0.15) is 32.1 Å². The first kappa shape index (κ1) is 13.4. The van der Waals surface area contributed by atoms with E-state index in [1.807, 2.05) is 0 Å². The minimum Gasteiger partial charge on any atom is -0.381 e. The number of alkyl halides is 2. The Morgan fingerprint density at radius 2 is 2.22 bits per heavy atom. The molecular formula is C12H19F2N3O. The summed E-state index contributed by atoms with van der Waals surface area (Å²) in [6.07, 6.45) is 4.76. The number of nitrogens with one attached hydrogen (secondary N) is 1. The van der Waals surface area contributed by atoms with Crippen LogP contribution in [-0.4, -0.2) is 28.8 Å². The summed E-state index contributed by atoms with van der Waals surface area (Å²) in [6.45, 7) is 1.52. The van der Waals surface area contributed by atoms with E-state index in [1.54, 1.807) is 0 Å². The number of hydrogen-bond donors (Lipinski definition) is 1. The van der Waals surface area contributed by atoms with Crippen LogP contribution in [0.5, 0.6) is 0 Å². The summed E-state index contributed by atoms with van der Waals surface area (Å²) in [5, 5.41) is 3.28. The molecule has 0 aromatic carbocycles. The highest BCUT2D eigenvalue weighted by atomic mass is 19.3. The molecule has 1 N–H and O–H groups in total. The molecule has 102 valence electrons. The molecule has 0 aliphatic carbocycles. The third-order valence-corrected chi connectivity index (χ3v) is 3.51. The lowest BCUT2D eigenvalue weighted by Gasteiger charge is -2.28. The van der Waals surface area contributed by atoms with Gasteiger partial charge in [0, 0.05) is 31.6 Å². The molecule has 2 rings (SSSR count). The van der Waals surface area contributed by atoms with Gasteiger partial charge in [0.15, 0.2) is 0 Å².